The summed E-state index contributed by atoms with van der Waals surface area (Å²) in [5.74, 6) is -0.0353. The quantitative estimate of drug-likeness (QED) is 0.923. The van der Waals surface area contributed by atoms with E-state index in [0.717, 1.165) is 17.7 Å². The van der Waals surface area contributed by atoms with Gasteiger partial charge in [-0.1, -0.05) is 0 Å². The molecule has 1 saturated heterocycles. The fraction of sp³-hybridized carbons (Fsp3) is 0.429. The molecule has 2 aromatic heterocycles. The van der Waals surface area contributed by atoms with Crippen LogP contribution in [0, 0.1) is 6.92 Å². The zero-order chi connectivity index (χ0) is 15.7. The number of rotatable bonds is 3. The summed E-state index contributed by atoms with van der Waals surface area (Å²) in [6, 6.07) is 4.93. The van der Waals surface area contributed by atoms with Gasteiger partial charge in [0.15, 0.2) is 0 Å². The molecule has 118 valence electrons. The maximum atomic E-state index is 12.7. The van der Waals surface area contributed by atoms with Gasteiger partial charge in [0.25, 0.3) is 15.6 Å². The summed E-state index contributed by atoms with van der Waals surface area (Å²) < 4.78 is 27.3. The molecule has 8 heteroatoms. The highest BCUT2D eigenvalue weighted by Gasteiger charge is 2.32. The van der Waals surface area contributed by atoms with Gasteiger partial charge < -0.3 is 4.98 Å². The van der Waals surface area contributed by atoms with Crippen LogP contribution in [0.1, 0.15) is 29.3 Å². The third-order valence-electron chi connectivity index (χ3n) is 3.81. The third kappa shape index (κ3) is 2.99. The van der Waals surface area contributed by atoms with Crippen molar-refractivity contribution < 1.29 is 8.42 Å². The molecular formula is C14H17N3O3S2. The van der Waals surface area contributed by atoms with Crippen LogP contribution in [0.15, 0.2) is 33.5 Å². The van der Waals surface area contributed by atoms with E-state index in [1.807, 2.05) is 13.0 Å². The second kappa shape index (κ2) is 5.94. The molecule has 1 aliphatic heterocycles. The summed E-state index contributed by atoms with van der Waals surface area (Å²) in [6.07, 6.45) is 2.97. The number of nitrogens with zero attached hydrogens (tertiary/aromatic N) is 2. The lowest BCUT2D eigenvalue weighted by Gasteiger charge is -2.31. The molecule has 3 rings (SSSR count). The molecule has 0 bridgehead atoms. The first-order chi connectivity index (χ1) is 10.5. The number of piperidine rings is 1. The Morgan fingerprint density at radius 2 is 2.23 bits per heavy atom. The standard InChI is InChI=1S/C14H17N3O3S2/c1-10-4-5-14(21-10)22(19,20)17-6-2-3-11(8-17)12-7-13(18)16-9-15-12/h4-5,7,9,11H,2-3,6,8H2,1H3,(H,15,16,18). The number of hydrogen-bond donors (Lipinski definition) is 1. The van der Waals surface area contributed by atoms with E-state index in [0.29, 0.717) is 23.0 Å². The van der Waals surface area contributed by atoms with Gasteiger partial charge in [0, 0.05) is 30.0 Å². The van der Waals surface area contributed by atoms with Crippen molar-refractivity contribution in [2.45, 2.75) is 29.9 Å². The number of aromatic amines is 1. The van der Waals surface area contributed by atoms with E-state index in [1.54, 1.807) is 6.07 Å². The molecule has 0 radical (unpaired) electrons. The molecule has 0 aromatic carbocycles. The van der Waals surface area contributed by atoms with Gasteiger partial charge in [-0.3, -0.25) is 4.79 Å². The molecule has 1 atom stereocenters. The molecular weight excluding hydrogens is 322 g/mol. The molecule has 3 heterocycles. The minimum atomic E-state index is -3.45. The topological polar surface area (TPSA) is 83.1 Å². The number of thiophene rings is 1. The zero-order valence-corrected chi connectivity index (χ0v) is 13.8. The lowest BCUT2D eigenvalue weighted by Crippen LogP contribution is -2.39. The molecule has 0 amide bonds. The van der Waals surface area contributed by atoms with Crippen LogP contribution in [0.25, 0.3) is 0 Å². The van der Waals surface area contributed by atoms with Crippen molar-refractivity contribution in [3.63, 3.8) is 0 Å². The molecule has 1 N–H and O–H groups in total. The van der Waals surface area contributed by atoms with Gasteiger partial charge in [0.2, 0.25) is 0 Å². The normalized spacial score (nSPS) is 20.1. The van der Waals surface area contributed by atoms with Gasteiger partial charge >= 0.3 is 0 Å². The van der Waals surface area contributed by atoms with Crippen LogP contribution in [-0.4, -0.2) is 35.8 Å². The number of H-pyrrole nitrogens is 1. The second-order valence-electron chi connectivity index (χ2n) is 5.40. The predicted molar refractivity (Wildman–Crippen MR) is 84.6 cm³/mol. The highest BCUT2D eigenvalue weighted by molar-refractivity contribution is 7.91. The van der Waals surface area contributed by atoms with Crippen molar-refractivity contribution in [3.05, 3.63) is 45.5 Å². The van der Waals surface area contributed by atoms with E-state index >= 15 is 0 Å². The first-order valence-electron chi connectivity index (χ1n) is 7.08. The van der Waals surface area contributed by atoms with Crippen LogP contribution in [0.2, 0.25) is 0 Å². The molecule has 1 unspecified atom stereocenters. The first kappa shape index (κ1) is 15.4. The summed E-state index contributed by atoms with van der Waals surface area (Å²) in [4.78, 5) is 19.1. The van der Waals surface area contributed by atoms with E-state index < -0.39 is 10.0 Å². The van der Waals surface area contributed by atoms with Gasteiger partial charge in [0.1, 0.15) is 4.21 Å². The Bertz CT molecular complexity index is 826. The summed E-state index contributed by atoms with van der Waals surface area (Å²) in [5.41, 5.74) is 0.449. The molecule has 0 saturated carbocycles. The molecule has 0 spiro atoms. The van der Waals surface area contributed by atoms with Crippen LogP contribution in [0.3, 0.4) is 0 Å². The third-order valence-corrected chi connectivity index (χ3v) is 7.14. The van der Waals surface area contributed by atoms with Crippen molar-refractivity contribution in [1.29, 1.82) is 0 Å². The van der Waals surface area contributed by atoms with E-state index in [1.165, 1.54) is 28.0 Å². The Morgan fingerprint density at radius 1 is 1.41 bits per heavy atom. The average Bonchev–Trinajstić information content (AvgIpc) is 2.95. The minimum absolute atomic E-state index is 0.0353. The van der Waals surface area contributed by atoms with Crippen LogP contribution in [0.4, 0.5) is 0 Å². The zero-order valence-electron chi connectivity index (χ0n) is 12.2. The fourth-order valence-electron chi connectivity index (χ4n) is 2.69. The van der Waals surface area contributed by atoms with Crippen molar-refractivity contribution in [2.24, 2.45) is 0 Å². The van der Waals surface area contributed by atoms with Crippen LogP contribution >= 0.6 is 11.3 Å². The van der Waals surface area contributed by atoms with Crippen LogP contribution in [0.5, 0.6) is 0 Å². The Balaban J connectivity index is 1.85. The van der Waals surface area contributed by atoms with E-state index in [2.05, 4.69) is 9.97 Å². The largest absolute Gasteiger partial charge is 0.313 e. The second-order valence-corrected chi connectivity index (χ2v) is 8.86. The van der Waals surface area contributed by atoms with Gasteiger partial charge in [-0.2, -0.15) is 4.31 Å². The smallest absolute Gasteiger partial charge is 0.252 e. The van der Waals surface area contributed by atoms with E-state index in [9.17, 15) is 13.2 Å². The average molecular weight is 339 g/mol. The summed E-state index contributed by atoms with van der Waals surface area (Å²) >= 11 is 1.29. The number of aromatic nitrogens is 2. The number of sulfonamides is 1. The molecule has 1 aliphatic rings. The molecule has 6 nitrogen and oxygen atoms in total. The van der Waals surface area contributed by atoms with Gasteiger partial charge in [-0.05, 0) is 31.9 Å². The van der Waals surface area contributed by atoms with E-state index in [4.69, 9.17) is 0 Å². The Morgan fingerprint density at radius 3 is 2.91 bits per heavy atom. The SMILES string of the molecule is Cc1ccc(S(=O)(=O)N2CCCC(c3cc(=O)[nH]cn3)C2)s1. The fourth-order valence-corrected chi connectivity index (χ4v) is 5.65. The highest BCUT2D eigenvalue weighted by Crippen LogP contribution is 2.31. The maximum Gasteiger partial charge on any atom is 0.252 e. The number of hydrogen-bond acceptors (Lipinski definition) is 5. The monoisotopic (exact) mass is 339 g/mol. The molecule has 2 aromatic rings. The summed E-state index contributed by atoms with van der Waals surface area (Å²) in [7, 11) is -3.45. The molecule has 0 aliphatic carbocycles. The number of aryl methyl sites for hydroxylation is 1. The first-order valence-corrected chi connectivity index (χ1v) is 9.34. The Kier molecular flexibility index (Phi) is 4.16. The van der Waals surface area contributed by atoms with Crippen molar-refractivity contribution in [1.82, 2.24) is 14.3 Å². The maximum absolute atomic E-state index is 12.7. The Labute approximate surface area is 132 Å². The van der Waals surface area contributed by atoms with Crippen molar-refractivity contribution >= 4 is 21.4 Å². The molecule has 1 fully saturated rings. The predicted octanol–water partition coefficient (Wildman–Crippen LogP) is 1.71. The van der Waals surface area contributed by atoms with Crippen LogP contribution < -0.4 is 5.56 Å². The summed E-state index contributed by atoms with van der Waals surface area (Å²) in [5, 5.41) is 0. The molecule has 22 heavy (non-hydrogen) atoms. The van der Waals surface area contributed by atoms with Gasteiger partial charge in [-0.25, -0.2) is 13.4 Å². The lowest BCUT2D eigenvalue weighted by molar-refractivity contribution is 0.313. The van der Waals surface area contributed by atoms with Gasteiger partial charge in [-0.15, -0.1) is 11.3 Å². The van der Waals surface area contributed by atoms with Crippen molar-refractivity contribution in [2.75, 3.05) is 13.1 Å². The summed E-state index contributed by atoms with van der Waals surface area (Å²) in [6.45, 7) is 2.78. The number of nitrogens with one attached hydrogen (secondary N) is 1. The lowest BCUT2D eigenvalue weighted by atomic mass is 9.96. The van der Waals surface area contributed by atoms with Crippen LogP contribution in [-0.2, 0) is 10.0 Å². The highest BCUT2D eigenvalue weighted by atomic mass is 32.2. The van der Waals surface area contributed by atoms with E-state index in [-0.39, 0.29) is 11.5 Å². The van der Waals surface area contributed by atoms with Gasteiger partial charge in [0.05, 0.1) is 12.0 Å². The Hall–Kier alpha value is -1.51. The van der Waals surface area contributed by atoms with Crippen molar-refractivity contribution in [3.8, 4) is 0 Å². The minimum Gasteiger partial charge on any atom is -0.313 e.